The smallest absolute Gasteiger partial charge is 0.356 e. The number of hydrogen-bond acceptors (Lipinski definition) is 8. The second-order valence-electron chi connectivity index (χ2n) is 8.62. The summed E-state index contributed by atoms with van der Waals surface area (Å²) in [4.78, 5) is 28.6. The number of esters is 1. The minimum absolute atomic E-state index is 0.0951. The van der Waals surface area contributed by atoms with Gasteiger partial charge in [0.2, 0.25) is 0 Å². The number of carbonyl (C=O) groups is 2. The predicted octanol–water partition coefficient (Wildman–Crippen LogP) is 5.02. The molecular weight excluding hydrogens is 464 g/mol. The Morgan fingerprint density at radius 2 is 2.20 bits per heavy atom. The average molecular weight is 493 g/mol. The minimum Gasteiger partial charge on any atom is -0.461 e. The normalized spacial score (nSPS) is 19.2. The molecule has 0 radical (unpaired) electrons. The number of nitrogens with two attached hydrogens (primary N) is 1. The molecule has 1 atom stereocenters. The number of thioether (sulfide) groups is 1. The molecule has 0 saturated heterocycles. The highest BCUT2D eigenvalue weighted by atomic mass is 32.2. The first-order valence-electron chi connectivity index (χ1n) is 11.8. The molecule has 8 nitrogen and oxygen atoms in total. The molecule has 0 fully saturated rings. The second-order valence-corrected chi connectivity index (χ2v) is 9.72. The van der Waals surface area contributed by atoms with Crippen molar-refractivity contribution >= 4 is 29.2 Å². The Hall–Kier alpha value is -3.59. The fourth-order valence-electron chi connectivity index (χ4n) is 4.77. The molecule has 0 aromatic carbocycles. The highest BCUT2D eigenvalue weighted by molar-refractivity contribution is 8.02. The van der Waals surface area contributed by atoms with E-state index in [1.54, 1.807) is 13.1 Å². The molecular formula is C26H28N4O4S. The van der Waals surface area contributed by atoms with Crippen LogP contribution in [-0.4, -0.2) is 23.3 Å². The summed E-state index contributed by atoms with van der Waals surface area (Å²) in [5, 5.41) is 7.97. The number of H-pyrrole nitrogens is 1. The maximum Gasteiger partial charge on any atom is 0.356 e. The van der Waals surface area contributed by atoms with Crippen molar-refractivity contribution < 1.29 is 18.7 Å². The van der Waals surface area contributed by atoms with Crippen molar-refractivity contribution in [3.05, 3.63) is 81.8 Å². The molecule has 5 rings (SSSR count). The molecule has 0 unspecified atom stereocenters. The van der Waals surface area contributed by atoms with Crippen LogP contribution < -0.4 is 16.4 Å². The lowest BCUT2D eigenvalue weighted by atomic mass is 9.78. The van der Waals surface area contributed by atoms with Crippen molar-refractivity contribution in [3.63, 3.8) is 0 Å². The van der Waals surface area contributed by atoms with E-state index in [0.29, 0.717) is 45.0 Å². The van der Waals surface area contributed by atoms with Crippen LogP contribution in [0.5, 0.6) is 0 Å². The van der Waals surface area contributed by atoms with Crippen LogP contribution in [-0.2, 0) is 9.53 Å². The lowest BCUT2D eigenvalue weighted by Gasteiger charge is -2.31. The summed E-state index contributed by atoms with van der Waals surface area (Å²) in [7, 11) is 0. The number of hydrogen-bond donors (Lipinski definition) is 4. The van der Waals surface area contributed by atoms with Crippen molar-refractivity contribution in [1.82, 2.24) is 10.3 Å². The molecule has 2 aliphatic carbocycles. The number of nitrogens with one attached hydrogen (secondary N) is 3. The third-order valence-corrected chi connectivity index (χ3v) is 7.10. The lowest BCUT2D eigenvalue weighted by molar-refractivity contribution is -0.116. The third-order valence-electron chi connectivity index (χ3n) is 6.33. The van der Waals surface area contributed by atoms with Gasteiger partial charge in [0.05, 0.1) is 28.9 Å². The number of rotatable bonds is 7. The van der Waals surface area contributed by atoms with Gasteiger partial charge in [-0.05, 0) is 62.6 Å². The van der Waals surface area contributed by atoms with Crippen LogP contribution in [0.3, 0.4) is 0 Å². The molecule has 2 aromatic rings. The van der Waals surface area contributed by atoms with Gasteiger partial charge in [-0.3, -0.25) is 4.79 Å². The maximum absolute atomic E-state index is 13.0. The topological polar surface area (TPSA) is 122 Å². The Bertz CT molecular complexity index is 1300. The molecule has 0 saturated carbocycles. The minimum atomic E-state index is -0.435. The van der Waals surface area contributed by atoms with Crippen LogP contribution in [0, 0.1) is 0 Å². The van der Waals surface area contributed by atoms with Gasteiger partial charge in [-0.2, -0.15) is 0 Å². The van der Waals surface area contributed by atoms with Gasteiger partial charge in [-0.25, -0.2) is 4.79 Å². The van der Waals surface area contributed by atoms with Gasteiger partial charge in [-0.15, -0.1) is 0 Å². The summed E-state index contributed by atoms with van der Waals surface area (Å²) in [5.41, 5.74) is 11.0. The van der Waals surface area contributed by atoms with Crippen LogP contribution in [0.15, 0.2) is 74.3 Å². The SMILES string of the molecule is C=C(NC1=C(N)C=CCC1)Sc1ccc([C@@H]2C3=C(CCCC3=O)Nc3c2c[nH]c3C(=O)OCC)o1. The largest absolute Gasteiger partial charge is 0.461 e. The van der Waals surface area contributed by atoms with E-state index in [1.807, 2.05) is 24.3 Å². The zero-order valence-electron chi connectivity index (χ0n) is 19.5. The highest BCUT2D eigenvalue weighted by Gasteiger charge is 2.39. The van der Waals surface area contributed by atoms with E-state index in [4.69, 9.17) is 14.9 Å². The third kappa shape index (κ3) is 4.43. The maximum atomic E-state index is 13.0. The summed E-state index contributed by atoms with van der Waals surface area (Å²) in [6.45, 7) is 6.15. The Balaban J connectivity index is 1.44. The van der Waals surface area contributed by atoms with Gasteiger partial charge >= 0.3 is 5.97 Å². The molecule has 3 aliphatic rings. The Labute approximate surface area is 207 Å². The number of anilines is 1. The number of Topliss-reactive ketones (excluding diaryl/α,β-unsaturated/α-hetero) is 1. The molecule has 3 heterocycles. The number of allylic oxidation sites excluding steroid dienone is 5. The van der Waals surface area contributed by atoms with E-state index in [2.05, 4.69) is 22.2 Å². The first kappa shape index (κ1) is 23.2. The number of aromatic amines is 1. The van der Waals surface area contributed by atoms with E-state index in [9.17, 15) is 9.59 Å². The summed E-state index contributed by atoms with van der Waals surface area (Å²) in [6, 6.07) is 3.76. The van der Waals surface area contributed by atoms with Gasteiger partial charge in [0, 0.05) is 35.1 Å². The second kappa shape index (κ2) is 9.58. The summed E-state index contributed by atoms with van der Waals surface area (Å²) >= 11 is 1.37. The summed E-state index contributed by atoms with van der Waals surface area (Å²) in [5.74, 6) is -0.112. The fraction of sp³-hybridized carbons (Fsp3) is 0.308. The molecule has 9 heteroatoms. The first-order chi connectivity index (χ1) is 17.0. The quantitative estimate of drug-likeness (QED) is 0.314. The van der Waals surface area contributed by atoms with Crippen LogP contribution in [0.1, 0.15) is 66.8 Å². The van der Waals surface area contributed by atoms with Crippen molar-refractivity contribution in [2.75, 3.05) is 11.9 Å². The molecule has 1 aliphatic heterocycles. The van der Waals surface area contributed by atoms with Gasteiger partial charge in [0.15, 0.2) is 10.9 Å². The predicted molar refractivity (Wildman–Crippen MR) is 135 cm³/mol. The molecule has 2 aromatic heterocycles. The Kier molecular flexibility index (Phi) is 6.34. The van der Waals surface area contributed by atoms with Crippen LogP contribution in [0.4, 0.5) is 5.69 Å². The monoisotopic (exact) mass is 492 g/mol. The van der Waals surface area contributed by atoms with E-state index < -0.39 is 11.9 Å². The van der Waals surface area contributed by atoms with Gasteiger partial charge < -0.3 is 30.5 Å². The summed E-state index contributed by atoms with van der Waals surface area (Å²) in [6.07, 6.45) is 9.47. The molecule has 0 spiro atoms. The number of fused-ring (bicyclic) bond motifs is 1. The van der Waals surface area contributed by atoms with Crippen molar-refractivity contribution in [1.29, 1.82) is 0 Å². The molecule has 182 valence electrons. The number of ether oxygens (including phenoxy) is 1. The standard InChI is InChI=1S/C26H28N4O4S/c1-3-33-26(32)25-24-15(13-28-25)22(23-18(30-24)9-6-10-19(23)31)20-11-12-21(34-20)35-14(2)29-17-8-5-4-7-16(17)27/h4,7,11-13,22,28-30H,2-3,5-6,8-10,27H2,1H3/t22-/m1/s1. The molecule has 5 N–H and O–H groups in total. The molecule has 0 bridgehead atoms. The molecule has 35 heavy (non-hydrogen) atoms. The van der Waals surface area contributed by atoms with Crippen molar-refractivity contribution in [2.24, 2.45) is 5.73 Å². The number of ketones is 1. The van der Waals surface area contributed by atoms with Crippen LogP contribution >= 0.6 is 11.8 Å². The Morgan fingerprint density at radius 1 is 1.34 bits per heavy atom. The van der Waals surface area contributed by atoms with Crippen molar-refractivity contribution in [2.45, 2.75) is 50.0 Å². The number of carbonyl (C=O) groups excluding carboxylic acids is 2. The van der Waals surface area contributed by atoms with Gasteiger partial charge in [-0.1, -0.05) is 12.7 Å². The van der Waals surface area contributed by atoms with Crippen LogP contribution in [0.2, 0.25) is 0 Å². The zero-order valence-corrected chi connectivity index (χ0v) is 20.3. The van der Waals surface area contributed by atoms with E-state index >= 15 is 0 Å². The fourth-order valence-corrected chi connectivity index (χ4v) is 5.46. The average Bonchev–Trinajstić information content (AvgIpc) is 3.46. The van der Waals surface area contributed by atoms with Crippen LogP contribution in [0.25, 0.3) is 0 Å². The van der Waals surface area contributed by atoms with E-state index in [-0.39, 0.29) is 12.4 Å². The summed E-state index contributed by atoms with van der Waals surface area (Å²) < 4.78 is 11.5. The number of aromatic nitrogens is 1. The zero-order chi connectivity index (χ0) is 24.5. The van der Waals surface area contributed by atoms with E-state index in [1.165, 1.54) is 11.8 Å². The molecule has 0 amide bonds. The highest BCUT2D eigenvalue weighted by Crippen LogP contribution is 2.47. The Morgan fingerprint density at radius 3 is 3.00 bits per heavy atom. The van der Waals surface area contributed by atoms with Gasteiger partial charge in [0.25, 0.3) is 0 Å². The van der Waals surface area contributed by atoms with E-state index in [0.717, 1.165) is 42.6 Å². The first-order valence-corrected chi connectivity index (χ1v) is 12.6. The van der Waals surface area contributed by atoms with Gasteiger partial charge in [0.1, 0.15) is 11.5 Å². The number of furan rings is 1. The lowest BCUT2D eigenvalue weighted by Crippen LogP contribution is -2.26. The van der Waals surface area contributed by atoms with Crippen molar-refractivity contribution in [3.8, 4) is 0 Å².